The van der Waals surface area contributed by atoms with Crippen molar-refractivity contribution in [2.75, 3.05) is 19.6 Å². The summed E-state index contributed by atoms with van der Waals surface area (Å²) in [6.07, 6.45) is 8.31. The SMILES string of the molecule is N#Cc1ccc2nc(C3CCN(CC4CCCCC4)C3)[nH]c2c1. The number of imidazole rings is 1. The van der Waals surface area contributed by atoms with Gasteiger partial charge in [-0.1, -0.05) is 19.3 Å². The molecule has 2 aromatic rings. The molecule has 1 N–H and O–H groups in total. The molecule has 4 heteroatoms. The van der Waals surface area contributed by atoms with Crippen LogP contribution in [0.4, 0.5) is 0 Å². The van der Waals surface area contributed by atoms with Crippen LogP contribution in [0.15, 0.2) is 18.2 Å². The van der Waals surface area contributed by atoms with Crippen molar-refractivity contribution in [3.8, 4) is 6.07 Å². The summed E-state index contributed by atoms with van der Waals surface area (Å²) in [5, 5.41) is 9.01. The molecule has 0 bridgehead atoms. The maximum Gasteiger partial charge on any atom is 0.111 e. The van der Waals surface area contributed by atoms with Crippen molar-refractivity contribution in [1.29, 1.82) is 5.26 Å². The maximum atomic E-state index is 9.01. The molecule has 1 unspecified atom stereocenters. The number of aromatic nitrogens is 2. The first-order chi connectivity index (χ1) is 11.3. The maximum absolute atomic E-state index is 9.01. The van der Waals surface area contributed by atoms with Gasteiger partial charge in [0, 0.05) is 19.0 Å². The molecule has 23 heavy (non-hydrogen) atoms. The number of benzene rings is 1. The third kappa shape index (κ3) is 3.11. The van der Waals surface area contributed by atoms with Crippen LogP contribution in [-0.4, -0.2) is 34.5 Å². The van der Waals surface area contributed by atoms with E-state index in [1.54, 1.807) is 0 Å². The van der Waals surface area contributed by atoms with E-state index in [-0.39, 0.29) is 0 Å². The molecule has 1 aliphatic carbocycles. The standard InChI is InChI=1S/C19H24N4/c20-11-15-6-7-17-18(10-15)22-19(21-17)16-8-9-23(13-16)12-14-4-2-1-3-5-14/h6-7,10,14,16H,1-5,8-9,12-13H2,(H,21,22). The van der Waals surface area contributed by atoms with E-state index < -0.39 is 0 Å². The third-order valence-electron chi connectivity index (χ3n) is 5.53. The van der Waals surface area contributed by atoms with Gasteiger partial charge in [-0.3, -0.25) is 0 Å². The molecule has 1 saturated heterocycles. The molecule has 4 nitrogen and oxygen atoms in total. The highest BCUT2D eigenvalue weighted by Gasteiger charge is 2.28. The molecular weight excluding hydrogens is 284 g/mol. The second-order valence-corrected chi connectivity index (χ2v) is 7.21. The molecule has 1 atom stereocenters. The second-order valence-electron chi connectivity index (χ2n) is 7.21. The fraction of sp³-hybridized carbons (Fsp3) is 0.579. The van der Waals surface area contributed by atoms with Gasteiger partial charge < -0.3 is 9.88 Å². The Morgan fingerprint density at radius 2 is 2.09 bits per heavy atom. The van der Waals surface area contributed by atoms with Gasteiger partial charge in [0.2, 0.25) is 0 Å². The van der Waals surface area contributed by atoms with Crippen LogP contribution in [0.25, 0.3) is 11.0 Å². The Labute approximate surface area is 137 Å². The first kappa shape index (κ1) is 14.7. The fourth-order valence-electron chi connectivity index (χ4n) is 4.25. The predicted octanol–water partition coefficient (Wildman–Crippen LogP) is 3.80. The predicted molar refractivity (Wildman–Crippen MR) is 91.2 cm³/mol. The fourth-order valence-corrected chi connectivity index (χ4v) is 4.25. The summed E-state index contributed by atoms with van der Waals surface area (Å²) >= 11 is 0. The van der Waals surface area contributed by atoms with Crippen LogP contribution in [0, 0.1) is 17.2 Å². The number of nitrogens with one attached hydrogen (secondary N) is 1. The zero-order valence-corrected chi connectivity index (χ0v) is 13.6. The van der Waals surface area contributed by atoms with Crippen LogP contribution in [-0.2, 0) is 0 Å². The molecule has 1 aromatic heterocycles. The summed E-state index contributed by atoms with van der Waals surface area (Å²) in [7, 11) is 0. The van der Waals surface area contributed by atoms with E-state index in [1.165, 1.54) is 51.6 Å². The summed E-state index contributed by atoms with van der Waals surface area (Å²) in [4.78, 5) is 10.8. The summed E-state index contributed by atoms with van der Waals surface area (Å²) in [5.41, 5.74) is 2.66. The molecule has 0 spiro atoms. The number of hydrogen-bond donors (Lipinski definition) is 1. The molecule has 0 radical (unpaired) electrons. The molecule has 2 fully saturated rings. The largest absolute Gasteiger partial charge is 0.342 e. The zero-order chi connectivity index (χ0) is 15.6. The summed E-state index contributed by atoms with van der Waals surface area (Å²) < 4.78 is 0. The van der Waals surface area contributed by atoms with Gasteiger partial charge in [0.15, 0.2) is 0 Å². The van der Waals surface area contributed by atoms with Crippen molar-refractivity contribution in [1.82, 2.24) is 14.9 Å². The van der Waals surface area contributed by atoms with Gasteiger partial charge in [-0.05, 0) is 49.9 Å². The molecule has 2 heterocycles. The van der Waals surface area contributed by atoms with Gasteiger partial charge in [0.25, 0.3) is 0 Å². The van der Waals surface area contributed by atoms with E-state index in [9.17, 15) is 0 Å². The van der Waals surface area contributed by atoms with E-state index in [0.717, 1.165) is 29.3 Å². The van der Waals surface area contributed by atoms with Gasteiger partial charge in [-0.15, -0.1) is 0 Å². The number of fused-ring (bicyclic) bond motifs is 1. The Bertz CT molecular complexity index is 721. The zero-order valence-electron chi connectivity index (χ0n) is 13.6. The van der Waals surface area contributed by atoms with Crippen molar-refractivity contribution < 1.29 is 0 Å². The minimum absolute atomic E-state index is 0.511. The van der Waals surface area contributed by atoms with Crippen LogP contribution in [0.3, 0.4) is 0 Å². The quantitative estimate of drug-likeness (QED) is 0.938. The van der Waals surface area contributed by atoms with E-state index in [2.05, 4.69) is 16.0 Å². The van der Waals surface area contributed by atoms with E-state index in [1.807, 2.05) is 18.2 Å². The van der Waals surface area contributed by atoms with E-state index >= 15 is 0 Å². The molecule has 2 aliphatic rings. The molecule has 0 amide bonds. The summed E-state index contributed by atoms with van der Waals surface area (Å²) in [5.74, 6) is 2.52. The monoisotopic (exact) mass is 308 g/mol. The Kier molecular flexibility index (Phi) is 4.05. The van der Waals surface area contributed by atoms with Gasteiger partial charge in [0.05, 0.1) is 22.7 Å². The van der Waals surface area contributed by atoms with Gasteiger partial charge in [-0.25, -0.2) is 4.98 Å². The van der Waals surface area contributed by atoms with Crippen LogP contribution < -0.4 is 0 Å². The van der Waals surface area contributed by atoms with Crippen molar-refractivity contribution in [2.45, 2.75) is 44.4 Å². The van der Waals surface area contributed by atoms with Crippen LogP contribution in [0.5, 0.6) is 0 Å². The highest BCUT2D eigenvalue weighted by molar-refractivity contribution is 5.76. The highest BCUT2D eigenvalue weighted by atomic mass is 15.2. The Morgan fingerprint density at radius 1 is 1.22 bits per heavy atom. The molecule has 1 aliphatic heterocycles. The number of H-pyrrole nitrogens is 1. The van der Waals surface area contributed by atoms with Crippen LogP contribution >= 0.6 is 0 Å². The lowest BCUT2D eigenvalue weighted by atomic mass is 9.89. The van der Waals surface area contributed by atoms with Gasteiger partial charge in [0.1, 0.15) is 5.82 Å². The smallest absolute Gasteiger partial charge is 0.111 e. The molecule has 1 aromatic carbocycles. The topological polar surface area (TPSA) is 55.7 Å². The second kappa shape index (κ2) is 6.33. The summed E-state index contributed by atoms with van der Waals surface area (Å²) in [6, 6.07) is 7.89. The number of nitrogens with zero attached hydrogens (tertiary/aromatic N) is 3. The van der Waals surface area contributed by atoms with E-state index in [4.69, 9.17) is 10.2 Å². The van der Waals surface area contributed by atoms with Crippen molar-refractivity contribution >= 4 is 11.0 Å². The minimum Gasteiger partial charge on any atom is -0.342 e. The Morgan fingerprint density at radius 3 is 2.91 bits per heavy atom. The average molecular weight is 308 g/mol. The molecule has 1 saturated carbocycles. The van der Waals surface area contributed by atoms with Gasteiger partial charge >= 0.3 is 0 Å². The molecule has 120 valence electrons. The number of nitriles is 1. The lowest BCUT2D eigenvalue weighted by Gasteiger charge is -2.26. The van der Waals surface area contributed by atoms with E-state index in [0.29, 0.717) is 11.5 Å². The van der Waals surface area contributed by atoms with Crippen molar-refractivity contribution in [3.05, 3.63) is 29.6 Å². The van der Waals surface area contributed by atoms with Gasteiger partial charge in [-0.2, -0.15) is 5.26 Å². The lowest BCUT2D eigenvalue weighted by Crippen LogP contribution is -2.28. The number of hydrogen-bond acceptors (Lipinski definition) is 3. The molecular formula is C19H24N4. The minimum atomic E-state index is 0.511. The number of likely N-dealkylation sites (tertiary alicyclic amines) is 1. The highest BCUT2D eigenvalue weighted by Crippen LogP contribution is 2.30. The molecule has 4 rings (SSSR count). The lowest BCUT2D eigenvalue weighted by molar-refractivity contribution is 0.232. The van der Waals surface area contributed by atoms with Crippen molar-refractivity contribution in [2.24, 2.45) is 5.92 Å². The van der Waals surface area contributed by atoms with Crippen molar-refractivity contribution in [3.63, 3.8) is 0 Å². The number of aromatic amines is 1. The van der Waals surface area contributed by atoms with Crippen LogP contribution in [0.1, 0.15) is 55.8 Å². The third-order valence-corrected chi connectivity index (χ3v) is 5.53. The summed E-state index contributed by atoms with van der Waals surface area (Å²) in [6.45, 7) is 3.60. The Hall–Kier alpha value is -1.86. The normalized spacial score (nSPS) is 23.3. The Balaban J connectivity index is 1.43. The van der Waals surface area contributed by atoms with Crippen LogP contribution in [0.2, 0.25) is 0 Å². The first-order valence-electron chi connectivity index (χ1n) is 8.94. The first-order valence-corrected chi connectivity index (χ1v) is 8.94. The average Bonchev–Trinajstić information content (AvgIpc) is 3.21. The number of rotatable bonds is 3.